The topological polar surface area (TPSA) is 46.2 Å². The van der Waals surface area contributed by atoms with Gasteiger partial charge in [-0.15, -0.1) is 0 Å². The molecule has 0 saturated heterocycles. The highest BCUT2D eigenvalue weighted by Gasteiger charge is 2.22. The van der Waals surface area contributed by atoms with Crippen LogP contribution in [0.25, 0.3) is 0 Å². The Labute approximate surface area is 126 Å². The van der Waals surface area contributed by atoms with Gasteiger partial charge in [-0.3, -0.25) is 0 Å². The lowest BCUT2D eigenvalue weighted by Crippen LogP contribution is -2.20. The van der Waals surface area contributed by atoms with Crippen LogP contribution in [0, 0.1) is 5.82 Å². The fraction of sp³-hybridized carbons (Fsp3) is 0.200. The predicted octanol–water partition coefficient (Wildman–Crippen LogP) is 3.91. The van der Waals surface area contributed by atoms with Gasteiger partial charge in [-0.1, -0.05) is 41.4 Å². The number of aliphatic hydroxyl groups excluding tert-OH is 1. The molecule has 0 aliphatic rings. The highest BCUT2D eigenvalue weighted by Crippen LogP contribution is 2.32. The lowest BCUT2D eigenvalue weighted by Gasteiger charge is -2.22. The predicted molar refractivity (Wildman–Crippen MR) is 79.6 cm³/mol. The first-order chi connectivity index (χ1) is 9.52. The summed E-state index contributed by atoms with van der Waals surface area (Å²) in [6.45, 7) is 0.248. The van der Waals surface area contributed by atoms with Gasteiger partial charge in [0.1, 0.15) is 5.82 Å². The molecule has 2 unspecified atom stereocenters. The molecule has 0 amide bonds. The highest BCUT2D eigenvalue weighted by atomic mass is 35.5. The van der Waals surface area contributed by atoms with Gasteiger partial charge in [-0.25, -0.2) is 4.39 Å². The van der Waals surface area contributed by atoms with E-state index in [4.69, 9.17) is 28.9 Å². The van der Waals surface area contributed by atoms with Crippen LogP contribution >= 0.6 is 23.2 Å². The molecule has 0 bridgehead atoms. The van der Waals surface area contributed by atoms with Crippen molar-refractivity contribution in [3.63, 3.8) is 0 Å². The van der Waals surface area contributed by atoms with Crippen LogP contribution in [0.15, 0.2) is 42.5 Å². The molecule has 5 heteroatoms. The molecular formula is C15H14Cl2FNO. The standard InChI is InChI=1S/C15H14Cl2FNO/c16-11-4-1-9(2-5-11)12(8-19)15(20)10-3-6-14(18)13(17)7-10/h1-7,12,15,20H,8,19H2. The van der Waals surface area contributed by atoms with Gasteiger partial charge in [0.2, 0.25) is 0 Å². The van der Waals surface area contributed by atoms with Crippen LogP contribution < -0.4 is 5.73 Å². The monoisotopic (exact) mass is 313 g/mol. The first-order valence-corrected chi connectivity index (χ1v) is 6.87. The van der Waals surface area contributed by atoms with E-state index in [1.54, 1.807) is 12.1 Å². The number of nitrogens with two attached hydrogens (primary N) is 1. The van der Waals surface area contributed by atoms with Gasteiger partial charge in [0.05, 0.1) is 11.1 Å². The van der Waals surface area contributed by atoms with Gasteiger partial charge in [-0.2, -0.15) is 0 Å². The summed E-state index contributed by atoms with van der Waals surface area (Å²) in [6, 6.07) is 11.3. The van der Waals surface area contributed by atoms with Gasteiger partial charge < -0.3 is 10.8 Å². The summed E-state index contributed by atoms with van der Waals surface area (Å²) in [6.07, 6.45) is -0.862. The highest BCUT2D eigenvalue weighted by molar-refractivity contribution is 6.31. The van der Waals surface area contributed by atoms with Gasteiger partial charge >= 0.3 is 0 Å². The molecule has 106 valence electrons. The molecule has 20 heavy (non-hydrogen) atoms. The van der Waals surface area contributed by atoms with Crippen molar-refractivity contribution in [1.82, 2.24) is 0 Å². The Bertz CT molecular complexity index is 589. The molecule has 3 N–H and O–H groups in total. The van der Waals surface area contributed by atoms with Gasteiger partial charge in [0.15, 0.2) is 0 Å². The summed E-state index contributed by atoms with van der Waals surface area (Å²) >= 11 is 11.6. The van der Waals surface area contributed by atoms with Crippen molar-refractivity contribution in [2.24, 2.45) is 5.73 Å². The number of aliphatic hydroxyl groups is 1. The largest absolute Gasteiger partial charge is 0.388 e. The lowest BCUT2D eigenvalue weighted by atomic mass is 9.89. The van der Waals surface area contributed by atoms with E-state index in [0.717, 1.165) is 5.56 Å². The molecule has 2 aromatic carbocycles. The molecule has 0 heterocycles. The summed E-state index contributed by atoms with van der Waals surface area (Å²) in [4.78, 5) is 0. The number of benzene rings is 2. The van der Waals surface area contributed by atoms with Crippen molar-refractivity contribution >= 4 is 23.2 Å². The molecule has 2 nitrogen and oxygen atoms in total. The van der Waals surface area contributed by atoms with Crippen LogP contribution in [0.5, 0.6) is 0 Å². The average Bonchev–Trinajstić information content (AvgIpc) is 2.44. The van der Waals surface area contributed by atoms with Crippen LogP contribution in [-0.4, -0.2) is 11.7 Å². The minimum atomic E-state index is -0.862. The Hall–Kier alpha value is -1.13. The van der Waals surface area contributed by atoms with E-state index in [-0.39, 0.29) is 17.5 Å². The van der Waals surface area contributed by atoms with E-state index in [1.165, 1.54) is 18.2 Å². The van der Waals surface area contributed by atoms with Crippen molar-refractivity contribution in [3.05, 3.63) is 69.5 Å². The fourth-order valence-corrected chi connectivity index (χ4v) is 2.40. The second-order valence-corrected chi connectivity index (χ2v) is 5.36. The van der Waals surface area contributed by atoms with Crippen LogP contribution in [0.2, 0.25) is 10.0 Å². The number of hydrogen-bond donors (Lipinski definition) is 2. The molecule has 0 spiro atoms. The second kappa shape index (κ2) is 6.55. The smallest absolute Gasteiger partial charge is 0.141 e. The third-order valence-electron chi connectivity index (χ3n) is 3.22. The first-order valence-electron chi connectivity index (χ1n) is 6.11. The molecule has 0 aliphatic heterocycles. The van der Waals surface area contributed by atoms with E-state index in [9.17, 15) is 9.50 Å². The molecule has 0 aliphatic carbocycles. The maximum absolute atomic E-state index is 13.2. The number of rotatable bonds is 4. The zero-order valence-corrected chi connectivity index (χ0v) is 12.1. The molecular weight excluding hydrogens is 300 g/mol. The minimum Gasteiger partial charge on any atom is -0.388 e. The summed E-state index contributed by atoms with van der Waals surface area (Å²) in [5, 5.41) is 11.0. The molecule has 2 rings (SSSR count). The first kappa shape index (κ1) is 15.3. The third kappa shape index (κ3) is 3.30. The Morgan fingerprint density at radius 1 is 1.05 bits per heavy atom. The molecule has 2 aromatic rings. The molecule has 0 radical (unpaired) electrons. The summed E-state index contributed by atoms with van der Waals surface area (Å²) in [7, 11) is 0. The maximum atomic E-state index is 13.2. The summed E-state index contributed by atoms with van der Waals surface area (Å²) in [5.74, 6) is -0.827. The van der Waals surface area contributed by atoms with Gasteiger partial charge in [-0.05, 0) is 35.4 Å². The minimum absolute atomic E-state index is 0.0200. The van der Waals surface area contributed by atoms with E-state index >= 15 is 0 Å². The molecule has 2 atom stereocenters. The Morgan fingerprint density at radius 2 is 1.65 bits per heavy atom. The summed E-state index contributed by atoms with van der Waals surface area (Å²) < 4.78 is 13.2. The zero-order valence-electron chi connectivity index (χ0n) is 10.6. The van der Waals surface area contributed by atoms with Crippen LogP contribution in [0.1, 0.15) is 23.1 Å². The molecule has 0 fully saturated rings. The van der Waals surface area contributed by atoms with Crippen LogP contribution in [0.4, 0.5) is 4.39 Å². The van der Waals surface area contributed by atoms with E-state index in [0.29, 0.717) is 10.6 Å². The molecule has 0 saturated carbocycles. The van der Waals surface area contributed by atoms with Crippen molar-refractivity contribution in [1.29, 1.82) is 0 Å². The summed E-state index contributed by atoms with van der Waals surface area (Å²) in [5.41, 5.74) is 7.14. The maximum Gasteiger partial charge on any atom is 0.141 e. The fourth-order valence-electron chi connectivity index (χ4n) is 2.09. The van der Waals surface area contributed by atoms with Gasteiger partial charge in [0.25, 0.3) is 0 Å². The van der Waals surface area contributed by atoms with Crippen molar-refractivity contribution in [2.45, 2.75) is 12.0 Å². The number of halogens is 3. The Balaban J connectivity index is 2.30. The Morgan fingerprint density at radius 3 is 2.20 bits per heavy atom. The quantitative estimate of drug-likeness (QED) is 0.899. The van der Waals surface area contributed by atoms with Crippen molar-refractivity contribution in [3.8, 4) is 0 Å². The van der Waals surface area contributed by atoms with Crippen molar-refractivity contribution < 1.29 is 9.50 Å². The second-order valence-electron chi connectivity index (χ2n) is 4.51. The SMILES string of the molecule is NCC(c1ccc(Cl)cc1)C(O)c1ccc(F)c(Cl)c1. The normalized spacial score (nSPS) is 14.1. The zero-order chi connectivity index (χ0) is 14.7. The molecule has 0 aromatic heterocycles. The Kier molecular flexibility index (Phi) is 5.00. The van der Waals surface area contributed by atoms with Crippen LogP contribution in [-0.2, 0) is 0 Å². The van der Waals surface area contributed by atoms with E-state index < -0.39 is 11.9 Å². The average molecular weight is 314 g/mol. The van der Waals surface area contributed by atoms with Crippen LogP contribution in [0.3, 0.4) is 0 Å². The van der Waals surface area contributed by atoms with E-state index in [1.807, 2.05) is 12.1 Å². The van der Waals surface area contributed by atoms with Crippen molar-refractivity contribution in [2.75, 3.05) is 6.54 Å². The lowest BCUT2D eigenvalue weighted by molar-refractivity contribution is 0.147. The van der Waals surface area contributed by atoms with Gasteiger partial charge in [0, 0.05) is 17.5 Å². The number of hydrogen-bond acceptors (Lipinski definition) is 2. The van der Waals surface area contributed by atoms with E-state index in [2.05, 4.69) is 0 Å². The third-order valence-corrected chi connectivity index (χ3v) is 3.76.